The van der Waals surface area contributed by atoms with E-state index in [1.165, 1.54) is 22.7 Å². The van der Waals surface area contributed by atoms with Gasteiger partial charge in [-0.05, 0) is 65.6 Å². The summed E-state index contributed by atoms with van der Waals surface area (Å²) in [6.07, 6.45) is 1.86. The Balaban J connectivity index is 1.39. The van der Waals surface area contributed by atoms with E-state index in [0.29, 0.717) is 13.0 Å². The van der Waals surface area contributed by atoms with Crippen molar-refractivity contribution in [3.63, 3.8) is 0 Å². The second kappa shape index (κ2) is 8.11. The van der Waals surface area contributed by atoms with Crippen molar-refractivity contribution in [2.24, 2.45) is 5.10 Å². The number of hydrogen-bond acceptors (Lipinski definition) is 4. The van der Waals surface area contributed by atoms with E-state index in [-0.39, 0.29) is 17.8 Å². The summed E-state index contributed by atoms with van der Waals surface area (Å²) in [7, 11) is 1.62. The molecule has 0 radical (unpaired) electrons. The van der Waals surface area contributed by atoms with Crippen LogP contribution in [0.2, 0.25) is 0 Å². The monoisotopic (exact) mass is 454 g/mol. The van der Waals surface area contributed by atoms with Crippen molar-refractivity contribution in [1.29, 1.82) is 0 Å². The molecule has 1 unspecified atom stereocenters. The Morgan fingerprint density at radius 1 is 1.06 bits per heavy atom. The molecule has 34 heavy (non-hydrogen) atoms. The van der Waals surface area contributed by atoms with Gasteiger partial charge in [-0.15, -0.1) is 0 Å². The van der Waals surface area contributed by atoms with E-state index in [2.05, 4.69) is 27.1 Å². The first kappa shape index (κ1) is 20.6. The van der Waals surface area contributed by atoms with Gasteiger partial charge in [0.15, 0.2) is 0 Å². The molecule has 0 bridgehead atoms. The number of ether oxygens (including phenoxy) is 1. The Hall–Kier alpha value is -3.97. The molecule has 6 rings (SSSR count). The van der Waals surface area contributed by atoms with Crippen molar-refractivity contribution in [1.82, 2.24) is 14.9 Å². The zero-order chi connectivity index (χ0) is 23.2. The van der Waals surface area contributed by atoms with Crippen LogP contribution in [0.3, 0.4) is 0 Å². The SMILES string of the molecule is COc1ccc(/C=N/N2C(=O)[C@@H]3Cc4c([nH]c5ccccc45)CN3C2c2ccc(F)cc2)cc1. The number of nitrogens with zero attached hydrogens (tertiary/aromatic N) is 3. The molecule has 3 heterocycles. The van der Waals surface area contributed by atoms with E-state index >= 15 is 0 Å². The van der Waals surface area contributed by atoms with Gasteiger partial charge in [-0.2, -0.15) is 5.10 Å². The molecule has 1 aromatic heterocycles. The van der Waals surface area contributed by atoms with Crippen LogP contribution in [-0.2, 0) is 17.8 Å². The molecule has 1 saturated heterocycles. The summed E-state index contributed by atoms with van der Waals surface area (Å²) >= 11 is 0. The highest BCUT2D eigenvalue weighted by molar-refractivity contribution is 5.90. The molecular weight excluding hydrogens is 431 g/mol. The van der Waals surface area contributed by atoms with Crippen LogP contribution in [0.1, 0.15) is 28.6 Å². The number of amides is 1. The zero-order valence-electron chi connectivity index (χ0n) is 18.6. The summed E-state index contributed by atoms with van der Waals surface area (Å²) in [4.78, 5) is 19.3. The number of aromatic amines is 1. The lowest BCUT2D eigenvalue weighted by Crippen LogP contribution is -2.39. The summed E-state index contributed by atoms with van der Waals surface area (Å²) in [5.41, 5.74) is 5.05. The molecule has 0 aliphatic carbocycles. The number of para-hydroxylation sites is 1. The number of methoxy groups -OCH3 is 1. The second-order valence-corrected chi connectivity index (χ2v) is 8.65. The highest BCUT2D eigenvalue weighted by atomic mass is 19.1. The van der Waals surface area contributed by atoms with Gasteiger partial charge < -0.3 is 9.72 Å². The standard InChI is InChI=1S/C27H23FN4O2/c1-34-20-12-6-17(7-13-20)15-29-32-26(18-8-10-19(28)11-9-18)31-16-24-22(14-25(31)27(32)33)21-4-2-3-5-23(21)30-24/h2-13,15,25-26,30H,14,16H2,1H3/b29-15+/t25-,26?/m0/s1. The van der Waals surface area contributed by atoms with Crippen LogP contribution >= 0.6 is 0 Å². The number of carbonyl (C=O) groups is 1. The Bertz CT molecular complexity index is 1390. The summed E-state index contributed by atoms with van der Waals surface area (Å²) < 4.78 is 18.9. The first-order valence-electron chi connectivity index (χ1n) is 11.2. The van der Waals surface area contributed by atoms with E-state index in [4.69, 9.17) is 4.74 Å². The fraction of sp³-hybridized carbons (Fsp3) is 0.185. The molecule has 1 fully saturated rings. The van der Waals surface area contributed by atoms with Gasteiger partial charge in [0, 0.05) is 23.1 Å². The van der Waals surface area contributed by atoms with E-state index in [1.54, 1.807) is 25.5 Å². The average molecular weight is 455 g/mol. The number of fused-ring (bicyclic) bond motifs is 4. The molecule has 170 valence electrons. The van der Waals surface area contributed by atoms with Crippen LogP contribution in [-0.4, -0.2) is 40.2 Å². The topological polar surface area (TPSA) is 60.9 Å². The number of hydrogen-bond donors (Lipinski definition) is 1. The van der Waals surface area contributed by atoms with Gasteiger partial charge >= 0.3 is 0 Å². The van der Waals surface area contributed by atoms with Crippen LogP contribution in [0.5, 0.6) is 5.75 Å². The average Bonchev–Trinajstić information content (AvgIpc) is 3.36. The van der Waals surface area contributed by atoms with E-state index in [1.807, 2.05) is 36.4 Å². The number of rotatable bonds is 4. The van der Waals surface area contributed by atoms with E-state index < -0.39 is 6.17 Å². The van der Waals surface area contributed by atoms with Gasteiger partial charge in [-0.1, -0.05) is 30.3 Å². The predicted molar refractivity (Wildman–Crippen MR) is 128 cm³/mol. The van der Waals surface area contributed by atoms with Crippen molar-refractivity contribution < 1.29 is 13.9 Å². The van der Waals surface area contributed by atoms with Crippen molar-refractivity contribution in [3.8, 4) is 5.75 Å². The number of hydrazone groups is 1. The summed E-state index contributed by atoms with van der Waals surface area (Å²) in [5.74, 6) is 0.383. The Kier molecular flexibility index (Phi) is 4.92. The number of halogens is 1. The molecule has 2 atom stereocenters. The van der Waals surface area contributed by atoms with Crippen molar-refractivity contribution in [2.75, 3.05) is 7.11 Å². The van der Waals surface area contributed by atoms with Crippen LogP contribution < -0.4 is 4.74 Å². The number of nitrogens with one attached hydrogen (secondary N) is 1. The Labute approximate surface area is 196 Å². The lowest BCUT2D eigenvalue weighted by molar-refractivity contribution is -0.130. The summed E-state index contributed by atoms with van der Waals surface area (Å²) in [6.45, 7) is 0.580. The fourth-order valence-corrected chi connectivity index (χ4v) is 5.03. The first-order chi connectivity index (χ1) is 16.6. The van der Waals surface area contributed by atoms with Crippen LogP contribution in [0.15, 0.2) is 77.9 Å². The lowest BCUT2D eigenvalue weighted by Gasteiger charge is -2.32. The Morgan fingerprint density at radius 2 is 1.82 bits per heavy atom. The number of H-pyrrole nitrogens is 1. The number of benzene rings is 3. The maximum absolute atomic E-state index is 13.7. The summed E-state index contributed by atoms with van der Waals surface area (Å²) in [5, 5.41) is 7.31. The van der Waals surface area contributed by atoms with Crippen molar-refractivity contribution in [3.05, 3.63) is 101 Å². The molecule has 3 aromatic carbocycles. The van der Waals surface area contributed by atoms with Gasteiger partial charge in [0.2, 0.25) is 0 Å². The number of carbonyl (C=O) groups excluding carboxylic acids is 1. The maximum Gasteiger partial charge on any atom is 0.262 e. The lowest BCUT2D eigenvalue weighted by atomic mass is 9.97. The largest absolute Gasteiger partial charge is 0.497 e. The van der Waals surface area contributed by atoms with Gasteiger partial charge in [0.1, 0.15) is 17.7 Å². The van der Waals surface area contributed by atoms with Crippen LogP contribution in [0.25, 0.3) is 10.9 Å². The van der Waals surface area contributed by atoms with E-state index in [9.17, 15) is 9.18 Å². The van der Waals surface area contributed by atoms with E-state index in [0.717, 1.165) is 33.5 Å². The summed E-state index contributed by atoms with van der Waals surface area (Å²) in [6, 6.07) is 21.6. The third-order valence-corrected chi connectivity index (χ3v) is 6.71. The molecule has 0 spiro atoms. The minimum atomic E-state index is -0.424. The molecule has 4 aromatic rings. The first-order valence-corrected chi connectivity index (χ1v) is 11.2. The minimum Gasteiger partial charge on any atom is -0.497 e. The van der Waals surface area contributed by atoms with Crippen molar-refractivity contribution in [2.45, 2.75) is 25.2 Å². The molecule has 1 amide bonds. The third kappa shape index (κ3) is 3.36. The molecule has 2 aliphatic heterocycles. The maximum atomic E-state index is 13.7. The van der Waals surface area contributed by atoms with Gasteiger partial charge in [-0.3, -0.25) is 9.69 Å². The molecule has 1 N–H and O–H groups in total. The molecule has 0 saturated carbocycles. The van der Waals surface area contributed by atoms with Crippen LogP contribution in [0, 0.1) is 5.82 Å². The fourth-order valence-electron chi connectivity index (χ4n) is 5.03. The molecule has 7 heteroatoms. The predicted octanol–water partition coefficient (Wildman–Crippen LogP) is 4.62. The zero-order valence-corrected chi connectivity index (χ0v) is 18.6. The second-order valence-electron chi connectivity index (χ2n) is 8.65. The van der Waals surface area contributed by atoms with Crippen molar-refractivity contribution >= 4 is 23.0 Å². The third-order valence-electron chi connectivity index (χ3n) is 6.71. The number of aromatic nitrogens is 1. The smallest absolute Gasteiger partial charge is 0.262 e. The molecule has 2 aliphatic rings. The highest BCUT2D eigenvalue weighted by Crippen LogP contribution is 2.42. The molecule has 6 nitrogen and oxygen atoms in total. The Morgan fingerprint density at radius 3 is 2.59 bits per heavy atom. The van der Waals surface area contributed by atoms with Crippen LogP contribution in [0.4, 0.5) is 4.39 Å². The van der Waals surface area contributed by atoms with Gasteiger partial charge in [0.25, 0.3) is 5.91 Å². The normalized spacial score (nSPS) is 20.2. The minimum absolute atomic E-state index is 0.0602. The quantitative estimate of drug-likeness (QED) is 0.458. The highest BCUT2D eigenvalue weighted by Gasteiger charge is 2.49. The molecular formula is C27H23FN4O2. The van der Waals surface area contributed by atoms with Gasteiger partial charge in [-0.25, -0.2) is 9.40 Å². The van der Waals surface area contributed by atoms with Gasteiger partial charge in [0.05, 0.1) is 19.4 Å².